The molecule has 0 aliphatic carbocycles. The second-order valence-electron chi connectivity index (χ2n) is 5.67. The lowest BCUT2D eigenvalue weighted by Gasteiger charge is -2.11. The number of hydrogen-bond donors (Lipinski definition) is 2. The third kappa shape index (κ3) is 4.04. The van der Waals surface area contributed by atoms with Crippen LogP contribution in [0.2, 0.25) is 0 Å². The molecule has 1 unspecified atom stereocenters. The van der Waals surface area contributed by atoms with E-state index in [1.807, 2.05) is 44.2 Å². The van der Waals surface area contributed by atoms with Crippen LogP contribution in [0.4, 0.5) is 17.3 Å². The number of hydrogen-bond acceptors (Lipinski definition) is 5. The zero-order valence-corrected chi connectivity index (χ0v) is 13.3. The summed E-state index contributed by atoms with van der Waals surface area (Å²) in [6, 6.07) is 9.38. The third-order valence-corrected chi connectivity index (χ3v) is 3.61. The number of benzene rings is 1. The standard InChI is InChI=1S/C17H20N4O2/c1-11-10-12(2)19-17(18-11)21-14-7-5-13(6-8-14)20-16(22)15-4-3-9-23-15/h5-8,10,15H,3-4,9H2,1-2H3,(H,20,22)(H,18,19,21). The minimum Gasteiger partial charge on any atom is -0.368 e. The lowest BCUT2D eigenvalue weighted by molar-refractivity contribution is -0.124. The molecule has 1 aliphatic heterocycles. The van der Waals surface area contributed by atoms with Crippen molar-refractivity contribution in [1.82, 2.24) is 9.97 Å². The molecule has 0 spiro atoms. The largest absolute Gasteiger partial charge is 0.368 e. The van der Waals surface area contributed by atoms with Gasteiger partial charge in [-0.1, -0.05) is 0 Å². The highest BCUT2D eigenvalue weighted by Crippen LogP contribution is 2.19. The van der Waals surface area contributed by atoms with Crippen LogP contribution >= 0.6 is 0 Å². The molecule has 1 atom stereocenters. The van der Waals surface area contributed by atoms with Crippen LogP contribution in [0.25, 0.3) is 0 Å². The van der Waals surface area contributed by atoms with Gasteiger partial charge in [-0.15, -0.1) is 0 Å². The first kappa shape index (κ1) is 15.4. The summed E-state index contributed by atoms with van der Waals surface area (Å²) in [6.45, 7) is 4.53. The quantitative estimate of drug-likeness (QED) is 0.907. The maximum atomic E-state index is 12.0. The fourth-order valence-electron chi connectivity index (χ4n) is 2.56. The van der Waals surface area contributed by atoms with Gasteiger partial charge in [-0.3, -0.25) is 4.79 Å². The smallest absolute Gasteiger partial charge is 0.253 e. The average molecular weight is 312 g/mol. The van der Waals surface area contributed by atoms with E-state index >= 15 is 0 Å². The predicted octanol–water partition coefficient (Wildman–Crippen LogP) is 2.95. The Morgan fingerprint density at radius 2 is 1.78 bits per heavy atom. The molecule has 1 saturated heterocycles. The van der Waals surface area contributed by atoms with Gasteiger partial charge in [-0.2, -0.15) is 0 Å². The van der Waals surface area contributed by atoms with Gasteiger partial charge in [0.25, 0.3) is 5.91 Å². The van der Waals surface area contributed by atoms with Gasteiger partial charge in [0.05, 0.1) is 0 Å². The molecule has 6 nitrogen and oxygen atoms in total. The number of aryl methyl sites for hydroxylation is 2. The van der Waals surface area contributed by atoms with E-state index in [0.717, 1.165) is 35.6 Å². The van der Waals surface area contributed by atoms with Crippen LogP contribution in [0.15, 0.2) is 30.3 Å². The summed E-state index contributed by atoms with van der Waals surface area (Å²) in [4.78, 5) is 20.7. The van der Waals surface area contributed by atoms with E-state index in [2.05, 4.69) is 20.6 Å². The first-order valence-electron chi connectivity index (χ1n) is 7.72. The summed E-state index contributed by atoms with van der Waals surface area (Å²) in [5, 5.41) is 6.03. The highest BCUT2D eigenvalue weighted by atomic mass is 16.5. The fraction of sp³-hybridized carbons (Fsp3) is 0.353. The van der Waals surface area contributed by atoms with Gasteiger partial charge >= 0.3 is 0 Å². The number of nitrogens with zero attached hydrogens (tertiary/aromatic N) is 2. The van der Waals surface area contributed by atoms with Gasteiger partial charge in [0, 0.05) is 29.4 Å². The summed E-state index contributed by atoms with van der Waals surface area (Å²) in [5.41, 5.74) is 3.45. The first-order chi connectivity index (χ1) is 11.1. The van der Waals surface area contributed by atoms with Crippen LogP contribution in [0.3, 0.4) is 0 Å². The molecule has 1 aromatic carbocycles. The third-order valence-electron chi connectivity index (χ3n) is 3.61. The zero-order chi connectivity index (χ0) is 16.2. The number of carbonyl (C=O) groups excluding carboxylic acids is 1. The summed E-state index contributed by atoms with van der Waals surface area (Å²) < 4.78 is 5.37. The number of carbonyl (C=O) groups is 1. The van der Waals surface area contributed by atoms with E-state index in [4.69, 9.17) is 4.74 Å². The molecular weight excluding hydrogens is 292 g/mol. The molecule has 1 amide bonds. The second kappa shape index (κ2) is 6.75. The Bertz CT molecular complexity index is 674. The molecule has 2 aromatic rings. The zero-order valence-electron chi connectivity index (χ0n) is 13.3. The highest BCUT2D eigenvalue weighted by molar-refractivity contribution is 5.94. The molecule has 1 fully saturated rings. The minimum atomic E-state index is -0.323. The molecule has 0 saturated carbocycles. The van der Waals surface area contributed by atoms with Crippen molar-refractivity contribution in [3.63, 3.8) is 0 Å². The Balaban J connectivity index is 1.63. The molecule has 1 aliphatic rings. The van der Waals surface area contributed by atoms with Gasteiger partial charge in [0.1, 0.15) is 6.10 Å². The van der Waals surface area contributed by atoms with Crippen LogP contribution in [0.5, 0.6) is 0 Å². The Kier molecular flexibility index (Phi) is 4.52. The summed E-state index contributed by atoms with van der Waals surface area (Å²) >= 11 is 0. The van der Waals surface area contributed by atoms with E-state index in [0.29, 0.717) is 12.6 Å². The molecular formula is C17H20N4O2. The molecule has 120 valence electrons. The molecule has 6 heteroatoms. The first-order valence-corrected chi connectivity index (χ1v) is 7.72. The molecule has 2 heterocycles. The average Bonchev–Trinajstić information content (AvgIpc) is 3.02. The second-order valence-corrected chi connectivity index (χ2v) is 5.67. The van der Waals surface area contributed by atoms with Gasteiger partial charge in [-0.25, -0.2) is 9.97 Å². The predicted molar refractivity (Wildman–Crippen MR) is 88.8 cm³/mol. The van der Waals surface area contributed by atoms with E-state index in [9.17, 15) is 4.79 Å². The molecule has 23 heavy (non-hydrogen) atoms. The number of rotatable bonds is 4. The molecule has 0 radical (unpaired) electrons. The van der Waals surface area contributed by atoms with Crippen molar-refractivity contribution in [1.29, 1.82) is 0 Å². The fourth-order valence-corrected chi connectivity index (χ4v) is 2.56. The van der Waals surface area contributed by atoms with Crippen molar-refractivity contribution in [3.05, 3.63) is 41.7 Å². The number of aromatic nitrogens is 2. The topological polar surface area (TPSA) is 76.1 Å². The highest BCUT2D eigenvalue weighted by Gasteiger charge is 2.23. The van der Waals surface area contributed by atoms with Crippen LogP contribution < -0.4 is 10.6 Å². The Hall–Kier alpha value is -2.47. The normalized spacial score (nSPS) is 17.0. The SMILES string of the molecule is Cc1cc(C)nc(Nc2ccc(NC(=O)C3CCCO3)cc2)n1. The van der Waals surface area contributed by atoms with Gasteiger partial charge in [0.2, 0.25) is 5.95 Å². The molecule has 1 aromatic heterocycles. The van der Waals surface area contributed by atoms with E-state index in [-0.39, 0.29) is 12.0 Å². The van der Waals surface area contributed by atoms with Gasteiger partial charge in [0.15, 0.2) is 0 Å². The van der Waals surface area contributed by atoms with Gasteiger partial charge < -0.3 is 15.4 Å². The monoisotopic (exact) mass is 312 g/mol. The van der Waals surface area contributed by atoms with Crippen molar-refractivity contribution < 1.29 is 9.53 Å². The van der Waals surface area contributed by atoms with E-state index < -0.39 is 0 Å². The lowest BCUT2D eigenvalue weighted by atomic mass is 10.2. The maximum Gasteiger partial charge on any atom is 0.253 e. The van der Waals surface area contributed by atoms with Crippen LogP contribution in [-0.2, 0) is 9.53 Å². The van der Waals surface area contributed by atoms with Crippen molar-refractivity contribution in [2.45, 2.75) is 32.8 Å². The van der Waals surface area contributed by atoms with Crippen LogP contribution in [0, 0.1) is 13.8 Å². The number of ether oxygens (including phenoxy) is 1. The van der Waals surface area contributed by atoms with E-state index in [1.165, 1.54) is 0 Å². The van der Waals surface area contributed by atoms with Gasteiger partial charge in [-0.05, 0) is 57.0 Å². The number of anilines is 3. The molecule has 0 bridgehead atoms. The Labute approximate surface area is 135 Å². The number of amides is 1. The number of nitrogens with one attached hydrogen (secondary N) is 2. The maximum absolute atomic E-state index is 12.0. The Morgan fingerprint density at radius 1 is 1.13 bits per heavy atom. The summed E-state index contributed by atoms with van der Waals surface area (Å²) in [5.74, 6) is 0.486. The molecule has 2 N–H and O–H groups in total. The Morgan fingerprint density at radius 3 is 2.39 bits per heavy atom. The summed E-state index contributed by atoms with van der Waals surface area (Å²) in [6.07, 6.45) is 1.41. The van der Waals surface area contributed by atoms with Crippen LogP contribution in [0.1, 0.15) is 24.2 Å². The van der Waals surface area contributed by atoms with Crippen LogP contribution in [-0.4, -0.2) is 28.6 Å². The van der Waals surface area contributed by atoms with Crippen molar-refractivity contribution >= 4 is 23.2 Å². The molecule has 3 rings (SSSR count). The van der Waals surface area contributed by atoms with Crippen molar-refractivity contribution in [2.24, 2.45) is 0 Å². The summed E-state index contributed by atoms with van der Waals surface area (Å²) in [7, 11) is 0. The van der Waals surface area contributed by atoms with Crippen molar-refractivity contribution in [2.75, 3.05) is 17.2 Å². The van der Waals surface area contributed by atoms with Crippen molar-refractivity contribution in [3.8, 4) is 0 Å². The lowest BCUT2D eigenvalue weighted by Crippen LogP contribution is -2.26. The minimum absolute atomic E-state index is 0.0825. The van der Waals surface area contributed by atoms with E-state index in [1.54, 1.807) is 0 Å².